The van der Waals surface area contributed by atoms with Crippen molar-refractivity contribution in [3.8, 4) is 17.6 Å². The molecule has 0 unspecified atom stereocenters. The van der Waals surface area contributed by atoms with Crippen molar-refractivity contribution in [3.05, 3.63) is 84.4 Å². The number of carbonyl (C=O) groups is 1. The molecule has 1 aromatic heterocycles. The van der Waals surface area contributed by atoms with E-state index in [-0.39, 0.29) is 24.3 Å². The van der Waals surface area contributed by atoms with Gasteiger partial charge in [0.2, 0.25) is 17.7 Å². The molecule has 0 radical (unpaired) electrons. The van der Waals surface area contributed by atoms with Crippen LogP contribution in [0.3, 0.4) is 0 Å². The Kier molecular flexibility index (Phi) is 4.83. The van der Waals surface area contributed by atoms with E-state index in [0.29, 0.717) is 22.3 Å². The predicted octanol–water partition coefficient (Wildman–Crippen LogP) is 2.76. The van der Waals surface area contributed by atoms with Gasteiger partial charge in [-0.15, -0.1) is 0 Å². The Bertz CT molecular complexity index is 1190. The van der Waals surface area contributed by atoms with Crippen molar-refractivity contribution in [1.29, 1.82) is 0 Å². The van der Waals surface area contributed by atoms with Crippen LogP contribution in [0.4, 0.5) is 5.69 Å². The fraction of sp³-hybridized carbons (Fsp3) is 0.0870. The minimum Gasteiger partial charge on any atom is -0.459 e. The summed E-state index contributed by atoms with van der Waals surface area (Å²) in [4.78, 5) is 12.7. The fourth-order valence-corrected chi connectivity index (χ4v) is 3.29. The molecular weight excluding hydrogens is 366 g/mol. The molecule has 0 fully saturated rings. The standard InChI is InChI=1S/C23H19N3O3/c1-16-11-13-17(14-12-16)24-21(27)15-25-20-10-6-5-9-19(20)22(28)26(23(25)29)18-7-3-2-4-8-18/h2-14H,15H2,1H3,(H,24,27)/p+2. The van der Waals surface area contributed by atoms with Gasteiger partial charge in [-0.25, -0.2) is 0 Å². The van der Waals surface area contributed by atoms with E-state index >= 15 is 0 Å². The Labute approximate surface area is 167 Å². The summed E-state index contributed by atoms with van der Waals surface area (Å²) in [5.41, 5.74) is 2.91. The van der Waals surface area contributed by atoms with Gasteiger partial charge in [0, 0.05) is 23.9 Å². The van der Waals surface area contributed by atoms with E-state index < -0.39 is 0 Å². The number of anilines is 1. The van der Waals surface area contributed by atoms with Crippen molar-refractivity contribution in [2.75, 3.05) is 5.32 Å². The number of rotatable bonds is 4. The number of benzene rings is 3. The smallest absolute Gasteiger partial charge is 0.459 e. The van der Waals surface area contributed by atoms with E-state index in [4.69, 9.17) is 0 Å². The summed E-state index contributed by atoms with van der Waals surface area (Å²) < 4.78 is 2.80. The minimum atomic E-state index is -0.287. The third-order valence-electron chi connectivity index (χ3n) is 4.74. The Morgan fingerprint density at radius 2 is 1.55 bits per heavy atom. The summed E-state index contributed by atoms with van der Waals surface area (Å²) in [6.07, 6.45) is 0. The molecule has 1 heterocycles. The van der Waals surface area contributed by atoms with Gasteiger partial charge in [-0.1, -0.05) is 52.6 Å². The number of aromatic hydroxyl groups is 2. The zero-order valence-corrected chi connectivity index (χ0v) is 15.9. The Morgan fingerprint density at radius 1 is 0.897 bits per heavy atom. The lowest BCUT2D eigenvalue weighted by Gasteiger charge is -2.06. The second kappa shape index (κ2) is 7.59. The third kappa shape index (κ3) is 3.60. The maximum Gasteiger partial charge on any atom is 0.638 e. The topological polar surface area (TPSA) is 77.3 Å². The van der Waals surface area contributed by atoms with Crippen molar-refractivity contribution in [1.82, 2.24) is 0 Å². The lowest BCUT2D eigenvalue weighted by Crippen LogP contribution is -2.49. The number of para-hydroxylation sites is 2. The van der Waals surface area contributed by atoms with Crippen LogP contribution in [-0.4, -0.2) is 16.1 Å². The van der Waals surface area contributed by atoms with E-state index in [1.807, 2.05) is 49.4 Å². The molecule has 0 aliphatic rings. The van der Waals surface area contributed by atoms with E-state index in [1.54, 1.807) is 36.4 Å². The summed E-state index contributed by atoms with van der Waals surface area (Å²) in [5, 5.41) is 25.1. The van der Waals surface area contributed by atoms with Crippen molar-refractivity contribution in [2.45, 2.75) is 13.5 Å². The van der Waals surface area contributed by atoms with Crippen molar-refractivity contribution in [3.63, 3.8) is 0 Å². The third-order valence-corrected chi connectivity index (χ3v) is 4.74. The molecule has 29 heavy (non-hydrogen) atoms. The molecule has 0 atom stereocenters. The largest absolute Gasteiger partial charge is 0.638 e. The summed E-state index contributed by atoms with van der Waals surface area (Å²) in [6.45, 7) is 1.86. The van der Waals surface area contributed by atoms with E-state index in [9.17, 15) is 15.0 Å². The van der Waals surface area contributed by atoms with Gasteiger partial charge in [0.25, 0.3) is 5.91 Å². The van der Waals surface area contributed by atoms with Gasteiger partial charge < -0.3 is 15.5 Å². The maximum atomic E-state index is 12.7. The predicted molar refractivity (Wildman–Crippen MR) is 109 cm³/mol. The molecular formula is C23H21N3O3+2. The van der Waals surface area contributed by atoms with Crippen molar-refractivity contribution < 1.29 is 24.1 Å². The highest BCUT2D eigenvalue weighted by molar-refractivity contribution is 5.90. The number of nitrogens with one attached hydrogen (secondary N) is 1. The second-order valence-corrected chi connectivity index (χ2v) is 6.81. The molecule has 0 bridgehead atoms. The first kappa shape index (κ1) is 18.4. The van der Waals surface area contributed by atoms with Crippen LogP contribution < -0.4 is 14.5 Å². The molecule has 3 aromatic carbocycles. The Morgan fingerprint density at radius 3 is 2.28 bits per heavy atom. The number of carbonyl (C=O) groups excluding carboxylic acids is 1. The number of nitrogens with zero attached hydrogens (tertiary/aromatic N) is 2. The van der Waals surface area contributed by atoms with Crippen LogP contribution in [0, 0.1) is 6.92 Å². The zero-order chi connectivity index (χ0) is 20.4. The molecule has 4 aromatic rings. The average molecular weight is 387 g/mol. The maximum absolute atomic E-state index is 12.7. The first-order valence-corrected chi connectivity index (χ1v) is 9.25. The van der Waals surface area contributed by atoms with E-state index in [1.165, 1.54) is 9.13 Å². The van der Waals surface area contributed by atoms with Gasteiger partial charge in [0.15, 0.2) is 5.39 Å². The molecule has 6 nitrogen and oxygen atoms in total. The Balaban J connectivity index is 1.79. The number of hydrogen-bond acceptors (Lipinski definition) is 3. The van der Waals surface area contributed by atoms with Gasteiger partial charge in [-0.3, -0.25) is 4.79 Å². The minimum absolute atomic E-state index is 0.0977. The van der Waals surface area contributed by atoms with Crippen molar-refractivity contribution >= 4 is 22.5 Å². The first-order chi connectivity index (χ1) is 14.0. The van der Waals surface area contributed by atoms with Crippen LogP contribution in [0.25, 0.3) is 16.6 Å². The van der Waals surface area contributed by atoms with Gasteiger partial charge in [0.05, 0.1) is 0 Å². The molecule has 3 N–H and O–H groups in total. The van der Waals surface area contributed by atoms with Gasteiger partial charge in [-0.05, 0) is 29.7 Å². The normalized spacial score (nSPS) is 10.8. The first-order valence-electron chi connectivity index (χ1n) is 9.25. The molecule has 0 saturated heterocycles. The highest BCUT2D eigenvalue weighted by Gasteiger charge is 2.36. The summed E-state index contributed by atoms with van der Waals surface area (Å²) in [6, 6.07) is 23.3. The van der Waals surface area contributed by atoms with Gasteiger partial charge in [-0.2, -0.15) is 0 Å². The number of fused-ring (bicyclic) bond motifs is 1. The van der Waals surface area contributed by atoms with Crippen LogP contribution in [0.1, 0.15) is 5.56 Å². The van der Waals surface area contributed by atoms with E-state index in [0.717, 1.165) is 5.56 Å². The number of aryl methyl sites for hydroxylation is 1. The molecule has 6 heteroatoms. The van der Waals surface area contributed by atoms with Crippen LogP contribution in [0.15, 0.2) is 78.9 Å². The van der Waals surface area contributed by atoms with Gasteiger partial charge in [0.1, 0.15) is 0 Å². The molecule has 1 amide bonds. The van der Waals surface area contributed by atoms with E-state index in [2.05, 4.69) is 5.32 Å². The highest BCUT2D eigenvalue weighted by Crippen LogP contribution is 2.22. The quantitative estimate of drug-likeness (QED) is 0.471. The molecule has 0 saturated carbocycles. The second-order valence-electron chi connectivity index (χ2n) is 6.81. The highest BCUT2D eigenvalue weighted by atomic mass is 16.3. The Hall–Kier alpha value is -3.93. The molecule has 0 aliphatic carbocycles. The lowest BCUT2D eigenvalue weighted by molar-refractivity contribution is -0.774. The van der Waals surface area contributed by atoms with Crippen LogP contribution in [0.2, 0.25) is 0 Å². The van der Waals surface area contributed by atoms with Gasteiger partial charge >= 0.3 is 11.9 Å². The fourth-order valence-electron chi connectivity index (χ4n) is 3.29. The monoisotopic (exact) mass is 387 g/mol. The summed E-state index contributed by atoms with van der Waals surface area (Å²) in [5.74, 6) is -0.385. The molecule has 4 rings (SSSR count). The van der Waals surface area contributed by atoms with Crippen LogP contribution in [-0.2, 0) is 11.3 Å². The average Bonchev–Trinajstić information content (AvgIpc) is 2.74. The lowest BCUT2D eigenvalue weighted by atomic mass is 10.2. The summed E-state index contributed by atoms with van der Waals surface area (Å²) in [7, 11) is 0. The van der Waals surface area contributed by atoms with Crippen LogP contribution in [0.5, 0.6) is 11.9 Å². The molecule has 0 spiro atoms. The zero-order valence-electron chi connectivity index (χ0n) is 15.9. The summed E-state index contributed by atoms with van der Waals surface area (Å²) >= 11 is 0. The van der Waals surface area contributed by atoms with Crippen LogP contribution >= 0.6 is 0 Å². The molecule has 144 valence electrons. The molecule has 0 aliphatic heterocycles. The number of aromatic nitrogens is 2. The van der Waals surface area contributed by atoms with Crippen molar-refractivity contribution in [2.24, 2.45) is 0 Å². The SMILES string of the molecule is Cc1ccc(NC(=O)C[n+]2c(O)[n+](-c3ccccc3)c(O)c3ccccc32)cc1. The number of amides is 1. The number of hydrogen-bond donors (Lipinski definition) is 3.